The molecule has 0 atom stereocenters. The molecular weight excluding hydrogens is 254 g/mol. The molecule has 0 aromatic rings. The van der Waals surface area contributed by atoms with Gasteiger partial charge in [-0.1, -0.05) is 6.92 Å². The summed E-state index contributed by atoms with van der Waals surface area (Å²) in [6, 6.07) is 0. The summed E-state index contributed by atoms with van der Waals surface area (Å²) in [5.41, 5.74) is 0. The zero-order valence-corrected chi connectivity index (χ0v) is 9.66. The van der Waals surface area contributed by atoms with Crippen LogP contribution in [0.3, 0.4) is 0 Å². The van der Waals surface area contributed by atoms with Crippen molar-refractivity contribution in [1.29, 1.82) is 0 Å². The Morgan fingerprint density at radius 2 is 2.00 bits per heavy atom. The van der Waals surface area contributed by atoms with Crippen LogP contribution in [0, 0.1) is 0 Å². The number of carbonyl (C=O) groups excluding carboxylic acids is 1. The zero-order chi connectivity index (χ0) is 12.1. The lowest BCUT2D eigenvalue weighted by Gasteiger charge is -2.14. The number of hydrogen-bond donors (Lipinski definition) is 0. The molecular formula is C6H10F2O5S2. The molecule has 15 heavy (non-hydrogen) atoms. The van der Waals surface area contributed by atoms with E-state index in [1.807, 2.05) is 0 Å². The zero-order valence-electron chi connectivity index (χ0n) is 8.03. The summed E-state index contributed by atoms with van der Waals surface area (Å²) in [5.74, 6) is 0.349. The molecule has 90 valence electrons. The molecule has 0 rings (SSSR count). The van der Waals surface area contributed by atoms with E-state index in [9.17, 15) is 22.0 Å². The van der Waals surface area contributed by atoms with Gasteiger partial charge in [0.05, 0.1) is 7.11 Å². The Morgan fingerprint density at radius 1 is 1.47 bits per heavy atom. The normalized spacial score (nSPS) is 12.5. The van der Waals surface area contributed by atoms with Gasteiger partial charge in [0, 0.05) is 5.75 Å². The molecule has 0 fully saturated rings. The average molecular weight is 264 g/mol. The number of hydrogen-bond acceptors (Lipinski definition) is 6. The van der Waals surface area contributed by atoms with Crippen LogP contribution in [-0.2, 0) is 19.0 Å². The minimum Gasteiger partial charge on any atom is -0.450 e. The van der Waals surface area contributed by atoms with E-state index in [0.717, 1.165) is 0 Å². The van der Waals surface area contributed by atoms with E-state index in [-0.39, 0.29) is 0 Å². The molecule has 0 unspecified atom stereocenters. The fourth-order valence-electron chi connectivity index (χ4n) is 0.497. The molecule has 0 aromatic carbocycles. The minimum atomic E-state index is -5.03. The van der Waals surface area contributed by atoms with E-state index in [1.54, 1.807) is 6.92 Å². The molecule has 0 N–H and O–H groups in total. The van der Waals surface area contributed by atoms with Crippen molar-refractivity contribution in [2.24, 2.45) is 0 Å². The molecule has 0 aliphatic rings. The van der Waals surface area contributed by atoms with Gasteiger partial charge in [0.15, 0.2) is 6.61 Å². The van der Waals surface area contributed by atoms with Gasteiger partial charge >= 0.3 is 20.7 Å². The Balaban J connectivity index is 4.34. The molecule has 9 heteroatoms. The monoisotopic (exact) mass is 264 g/mol. The van der Waals surface area contributed by atoms with Gasteiger partial charge in [-0.3, -0.25) is 4.18 Å². The number of halogens is 2. The van der Waals surface area contributed by atoms with Crippen molar-refractivity contribution >= 4 is 27.2 Å². The maximum atomic E-state index is 12.8. The summed E-state index contributed by atoms with van der Waals surface area (Å²) in [7, 11) is -4.43. The van der Waals surface area contributed by atoms with Crippen LogP contribution in [0.2, 0.25) is 0 Å². The fourth-order valence-corrected chi connectivity index (χ4v) is 1.32. The van der Waals surface area contributed by atoms with Crippen LogP contribution < -0.4 is 0 Å². The van der Waals surface area contributed by atoms with Crippen LogP contribution >= 0.6 is 11.8 Å². The first kappa shape index (κ1) is 14.6. The lowest BCUT2D eigenvalue weighted by Crippen LogP contribution is -2.35. The van der Waals surface area contributed by atoms with Crippen molar-refractivity contribution in [3.8, 4) is 0 Å². The van der Waals surface area contributed by atoms with Crippen molar-refractivity contribution in [2.45, 2.75) is 12.2 Å². The van der Waals surface area contributed by atoms with Crippen molar-refractivity contribution < 1.29 is 30.9 Å². The van der Waals surface area contributed by atoms with Gasteiger partial charge in [-0.05, 0) is 11.8 Å². The van der Waals surface area contributed by atoms with Crippen molar-refractivity contribution in [1.82, 2.24) is 0 Å². The average Bonchev–Trinajstić information content (AvgIpc) is 2.15. The predicted octanol–water partition coefficient (Wildman–Crippen LogP) is 1.45. The molecule has 0 aliphatic heterocycles. The molecule has 5 nitrogen and oxygen atoms in total. The van der Waals surface area contributed by atoms with Crippen LogP contribution in [0.15, 0.2) is 0 Å². The van der Waals surface area contributed by atoms with E-state index >= 15 is 0 Å². The van der Waals surface area contributed by atoms with E-state index < -0.39 is 27.3 Å². The molecule has 0 bridgehead atoms. The number of rotatable bonds is 5. The van der Waals surface area contributed by atoms with E-state index in [1.165, 1.54) is 0 Å². The molecule has 0 aliphatic carbocycles. The van der Waals surface area contributed by atoms with Gasteiger partial charge in [0.25, 0.3) is 0 Å². The highest BCUT2D eigenvalue weighted by Gasteiger charge is 2.47. The largest absolute Gasteiger partial charge is 0.450 e. The minimum absolute atomic E-state index is 0.349. The van der Waals surface area contributed by atoms with E-state index in [4.69, 9.17) is 0 Å². The number of ether oxygens (including phenoxy) is 1. The lowest BCUT2D eigenvalue weighted by molar-refractivity contribution is 0.0128. The Labute approximate surface area is 90.2 Å². The summed E-state index contributed by atoms with van der Waals surface area (Å²) in [6.07, 6.45) is 0. The summed E-state index contributed by atoms with van der Waals surface area (Å²) in [5, 5.41) is -5.19. The molecule has 0 amide bonds. The van der Waals surface area contributed by atoms with Crippen LogP contribution in [0.1, 0.15) is 6.92 Å². The molecule has 0 saturated heterocycles. The first-order valence-corrected chi connectivity index (χ1v) is 6.13. The van der Waals surface area contributed by atoms with Crippen molar-refractivity contribution in [2.75, 3.05) is 19.5 Å². The van der Waals surface area contributed by atoms with Crippen molar-refractivity contribution in [3.05, 3.63) is 0 Å². The van der Waals surface area contributed by atoms with Gasteiger partial charge < -0.3 is 4.74 Å². The summed E-state index contributed by atoms with van der Waals surface area (Å²) >= 11 is 0.660. The molecule has 0 spiro atoms. The van der Waals surface area contributed by atoms with Gasteiger partial charge in [-0.2, -0.15) is 17.2 Å². The van der Waals surface area contributed by atoms with E-state index in [0.29, 0.717) is 24.6 Å². The van der Waals surface area contributed by atoms with Gasteiger partial charge in [0.2, 0.25) is 0 Å². The highest BCUT2D eigenvalue weighted by molar-refractivity contribution is 8.13. The Bertz CT molecular complexity index is 313. The second-order valence-electron chi connectivity index (χ2n) is 2.23. The second-order valence-corrected chi connectivity index (χ2v) is 5.27. The Hall–Kier alpha value is -0.410. The summed E-state index contributed by atoms with van der Waals surface area (Å²) in [4.78, 5) is 10.7. The Kier molecular flexibility index (Phi) is 5.46. The first-order chi connectivity index (χ1) is 6.77. The maximum Gasteiger partial charge on any atom is 0.403 e. The highest BCUT2D eigenvalue weighted by Crippen LogP contribution is 2.24. The fraction of sp³-hybridized carbons (Fsp3) is 0.833. The standard InChI is InChI=1S/C6H10F2O5S2/c1-3-14-5(9)13-4-6(7,8)15(10,11)12-2/h3-4H2,1-2H3. The van der Waals surface area contributed by atoms with Gasteiger partial charge in [0.1, 0.15) is 0 Å². The number of thioether (sulfide) groups is 1. The topological polar surface area (TPSA) is 69.7 Å². The number of carbonyl (C=O) groups is 1. The predicted molar refractivity (Wildman–Crippen MR) is 50.4 cm³/mol. The third kappa shape index (κ3) is 4.31. The third-order valence-electron chi connectivity index (χ3n) is 1.21. The van der Waals surface area contributed by atoms with Crippen LogP contribution in [0.4, 0.5) is 13.6 Å². The maximum absolute atomic E-state index is 12.8. The SMILES string of the molecule is CCSC(=O)OCC(F)(F)S(=O)(=O)OC. The van der Waals surface area contributed by atoms with Crippen LogP contribution in [0.5, 0.6) is 0 Å². The summed E-state index contributed by atoms with van der Waals surface area (Å²) < 4.78 is 54.5. The molecule has 0 heterocycles. The van der Waals surface area contributed by atoms with E-state index in [2.05, 4.69) is 8.92 Å². The smallest absolute Gasteiger partial charge is 0.403 e. The molecule has 0 radical (unpaired) electrons. The molecule has 0 aromatic heterocycles. The van der Waals surface area contributed by atoms with Crippen molar-refractivity contribution in [3.63, 3.8) is 0 Å². The van der Waals surface area contributed by atoms with Crippen LogP contribution in [-0.4, -0.2) is 38.4 Å². The summed E-state index contributed by atoms with van der Waals surface area (Å²) in [6.45, 7) is 0.0744. The Morgan fingerprint density at radius 3 is 2.40 bits per heavy atom. The number of alkyl halides is 2. The molecule has 0 saturated carbocycles. The van der Waals surface area contributed by atoms with Crippen LogP contribution in [0.25, 0.3) is 0 Å². The highest BCUT2D eigenvalue weighted by atomic mass is 32.2. The van der Waals surface area contributed by atoms with Gasteiger partial charge in [-0.25, -0.2) is 4.79 Å². The van der Waals surface area contributed by atoms with Gasteiger partial charge in [-0.15, -0.1) is 0 Å². The quantitative estimate of drug-likeness (QED) is 0.553. The second kappa shape index (κ2) is 5.61. The third-order valence-corrected chi connectivity index (χ3v) is 3.14. The lowest BCUT2D eigenvalue weighted by atomic mass is 10.8. The first-order valence-electron chi connectivity index (χ1n) is 3.74.